The Kier molecular flexibility index (Phi) is 1.10. The third-order valence-electron chi connectivity index (χ3n) is 0.738. The lowest BCUT2D eigenvalue weighted by molar-refractivity contribution is 0.428. The normalized spacial score (nSPS) is 16.6. The van der Waals surface area contributed by atoms with Gasteiger partial charge in [0.15, 0.2) is 0 Å². The van der Waals surface area contributed by atoms with Crippen molar-refractivity contribution < 1.29 is 9.50 Å². The highest BCUT2D eigenvalue weighted by molar-refractivity contribution is 5.28. The molecule has 0 aliphatic heterocycles. The minimum atomic E-state index is -0.468. The molecule has 0 atom stereocenters. The van der Waals surface area contributed by atoms with Gasteiger partial charge in [0.05, 0.1) is 0 Å². The second-order valence-corrected chi connectivity index (χ2v) is 1.41. The first kappa shape index (κ1) is 5.01. The van der Waals surface area contributed by atoms with Crippen molar-refractivity contribution in [3.05, 3.63) is 35.9 Å². The summed E-state index contributed by atoms with van der Waals surface area (Å²) < 4.78 is 12.0. The molecule has 0 fully saturated rings. The van der Waals surface area contributed by atoms with Crippen molar-refractivity contribution in [3.8, 4) is 0 Å². The van der Waals surface area contributed by atoms with E-state index in [1.165, 1.54) is 6.08 Å². The molecule has 0 aromatic rings. The molecule has 0 radical (unpaired) electrons. The van der Waals surface area contributed by atoms with Gasteiger partial charge in [-0.2, -0.15) is 0 Å². The van der Waals surface area contributed by atoms with Crippen molar-refractivity contribution in [1.29, 1.82) is 0 Å². The van der Waals surface area contributed by atoms with Crippen LogP contribution < -0.4 is 0 Å². The lowest BCUT2D eigenvalue weighted by Gasteiger charge is -1.81. The Morgan fingerprint density at radius 2 is 2.38 bits per heavy atom. The van der Waals surface area contributed by atoms with E-state index in [-0.39, 0.29) is 5.76 Å². The highest BCUT2D eigenvalue weighted by Gasteiger charge is 2.05. The first-order valence-corrected chi connectivity index (χ1v) is 2.14. The molecule has 0 saturated heterocycles. The minimum absolute atomic E-state index is 0.0926. The number of hydrogen-bond acceptors (Lipinski definition) is 1. The lowest BCUT2D eigenvalue weighted by atomic mass is 10.3. The van der Waals surface area contributed by atoms with Crippen molar-refractivity contribution in [2.24, 2.45) is 0 Å². The van der Waals surface area contributed by atoms with Crippen LogP contribution in [0.1, 0.15) is 0 Å². The first-order valence-electron chi connectivity index (χ1n) is 2.14. The van der Waals surface area contributed by atoms with E-state index in [4.69, 9.17) is 5.11 Å². The molecule has 1 aliphatic carbocycles. The Bertz CT molecular complexity index is 174. The molecular weight excluding hydrogens is 107 g/mol. The molecular formula is C6H4FO+. The fraction of sp³-hybridized carbons (Fsp3) is 0. The van der Waals surface area contributed by atoms with Crippen molar-refractivity contribution in [1.82, 2.24) is 0 Å². The molecule has 0 unspecified atom stereocenters. The number of halogens is 1. The summed E-state index contributed by atoms with van der Waals surface area (Å²) >= 11 is 0. The monoisotopic (exact) mass is 111 g/mol. The molecule has 0 heterocycles. The second kappa shape index (κ2) is 1.76. The third-order valence-corrected chi connectivity index (χ3v) is 0.738. The zero-order valence-electron chi connectivity index (χ0n) is 4.06. The molecule has 0 aromatic heterocycles. The summed E-state index contributed by atoms with van der Waals surface area (Å²) in [7, 11) is 0. The van der Waals surface area contributed by atoms with E-state index in [0.717, 1.165) is 12.2 Å². The molecule has 1 aliphatic rings. The van der Waals surface area contributed by atoms with Gasteiger partial charge in [-0.05, 0) is 0 Å². The van der Waals surface area contributed by atoms with Gasteiger partial charge in [0, 0.05) is 6.08 Å². The molecule has 2 heteroatoms. The van der Waals surface area contributed by atoms with Gasteiger partial charge in [-0.15, -0.1) is 4.39 Å². The van der Waals surface area contributed by atoms with Gasteiger partial charge >= 0.3 is 0 Å². The molecule has 1 rings (SSSR count). The van der Waals surface area contributed by atoms with Crippen LogP contribution in [0.25, 0.3) is 0 Å². The summed E-state index contributed by atoms with van der Waals surface area (Å²) in [5, 5.41) is 8.54. The zero-order valence-corrected chi connectivity index (χ0v) is 4.06. The zero-order chi connectivity index (χ0) is 5.98. The van der Waals surface area contributed by atoms with E-state index in [1.807, 2.05) is 0 Å². The van der Waals surface area contributed by atoms with Crippen molar-refractivity contribution >= 4 is 0 Å². The largest absolute Gasteiger partial charge is 0.448 e. The standard InChI is InChI=1S/C6H3FO/c7-5-2-1-3-6(8)4-5/h2-4H/p+1. The molecule has 1 N–H and O–H groups in total. The Labute approximate surface area is 46.4 Å². The summed E-state index contributed by atoms with van der Waals surface area (Å²) in [6, 6.07) is 0. The average molecular weight is 111 g/mol. The quantitative estimate of drug-likeness (QED) is 0.471. The first-order chi connectivity index (χ1) is 3.79. The fourth-order valence-corrected chi connectivity index (χ4v) is 0.431. The fourth-order valence-electron chi connectivity index (χ4n) is 0.431. The molecule has 0 bridgehead atoms. The van der Waals surface area contributed by atoms with E-state index in [2.05, 4.69) is 6.08 Å². The molecule has 0 saturated carbocycles. The summed E-state index contributed by atoms with van der Waals surface area (Å²) in [5.41, 5.74) is 0. The Balaban J connectivity index is 2.89. The van der Waals surface area contributed by atoms with Crippen LogP contribution in [0, 0.1) is 6.08 Å². The maximum Gasteiger partial charge on any atom is 0.244 e. The van der Waals surface area contributed by atoms with Crippen LogP contribution in [0.4, 0.5) is 4.39 Å². The van der Waals surface area contributed by atoms with Gasteiger partial charge < -0.3 is 5.11 Å². The molecule has 0 amide bonds. The third kappa shape index (κ3) is 0.922. The minimum Gasteiger partial charge on any atom is -0.448 e. The van der Waals surface area contributed by atoms with Crippen LogP contribution in [-0.4, -0.2) is 5.11 Å². The topological polar surface area (TPSA) is 20.2 Å². The van der Waals surface area contributed by atoms with Gasteiger partial charge in [0.1, 0.15) is 18.2 Å². The van der Waals surface area contributed by atoms with Gasteiger partial charge in [0.2, 0.25) is 11.6 Å². The van der Waals surface area contributed by atoms with E-state index >= 15 is 0 Å². The Hall–Kier alpha value is -1.14. The number of hydrogen-bond donors (Lipinski definition) is 1. The van der Waals surface area contributed by atoms with Crippen LogP contribution >= 0.6 is 0 Å². The van der Waals surface area contributed by atoms with E-state index < -0.39 is 5.83 Å². The summed E-state index contributed by atoms with van der Waals surface area (Å²) in [6.45, 7) is 0. The maximum absolute atomic E-state index is 12.0. The Morgan fingerprint density at radius 1 is 1.62 bits per heavy atom. The molecule has 40 valence electrons. The number of allylic oxidation sites excluding steroid dienone is 5. The number of aliphatic hydroxyl groups excluding tert-OH is 1. The SMILES string of the molecule is OC1=CC(F)=C[C+]=C1. The van der Waals surface area contributed by atoms with Crippen LogP contribution in [0.3, 0.4) is 0 Å². The molecule has 0 aromatic carbocycles. The van der Waals surface area contributed by atoms with E-state index in [0.29, 0.717) is 0 Å². The van der Waals surface area contributed by atoms with E-state index in [9.17, 15) is 4.39 Å². The van der Waals surface area contributed by atoms with Crippen molar-refractivity contribution in [2.75, 3.05) is 0 Å². The summed E-state index contributed by atoms with van der Waals surface area (Å²) in [5.74, 6) is -0.560. The van der Waals surface area contributed by atoms with Gasteiger partial charge in [0.25, 0.3) is 0 Å². The van der Waals surface area contributed by atoms with Crippen LogP contribution in [-0.2, 0) is 0 Å². The predicted molar refractivity (Wildman–Crippen MR) is 27.7 cm³/mol. The average Bonchev–Trinajstić information content (AvgIpc) is 1.64. The Morgan fingerprint density at radius 3 is 2.75 bits per heavy atom. The van der Waals surface area contributed by atoms with Gasteiger partial charge in [-0.25, -0.2) is 0 Å². The second-order valence-electron chi connectivity index (χ2n) is 1.41. The van der Waals surface area contributed by atoms with Gasteiger partial charge in [-0.1, -0.05) is 0 Å². The number of rotatable bonds is 0. The smallest absolute Gasteiger partial charge is 0.244 e. The molecule has 1 nitrogen and oxygen atoms in total. The van der Waals surface area contributed by atoms with Gasteiger partial charge in [-0.3, -0.25) is 0 Å². The molecule has 0 spiro atoms. The number of aliphatic hydroxyl groups is 1. The predicted octanol–water partition coefficient (Wildman–Crippen LogP) is 1.65. The van der Waals surface area contributed by atoms with Crippen molar-refractivity contribution in [2.45, 2.75) is 0 Å². The van der Waals surface area contributed by atoms with Crippen LogP contribution in [0.2, 0.25) is 0 Å². The lowest BCUT2D eigenvalue weighted by Crippen LogP contribution is -1.79. The van der Waals surface area contributed by atoms with Crippen LogP contribution in [0.15, 0.2) is 29.8 Å². The summed E-state index contributed by atoms with van der Waals surface area (Å²) in [6.07, 6.45) is 5.88. The van der Waals surface area contributed by atoms with Crippen molar-refractivity contribution in [3.63, 3.8) is 0 Å². The van der Waals surface area contributed by atoms with E-state index in [1.54, 1.807) is 0 Å². The highest BCUT2D eigenvalue weighted by atomic mass is 19.1. The highest BCUT2D eigenvalue weighted by Crippen LogP contribution is 2.07. The molecule has 8 heavy (non-hydrogen) atoms. The maximum atomic E-state index is 12.0. The summed E-state index contributed by atoms with van der Waals surface area (Å²) in [4.78, 5) is 0. The van der Waals surface area contributed by atoms with Crippen LogP contribution in [0.5, 0.6) is 0 Å².